The lowest BCUT2D eigenvalue weighted by atomic mass is 9.80. The van der Waals surface area contributed by atoms with Crippen molar-refractivity contribution < 1.29 is 39.5 Å². The Labute approximate surface area is 194 Å². The van der Waals surface area contributed by atoms with E-state index in [1.165, 1.54) is 6.07 Å². The zero-order chi connectivity index (χ0) is 24.5. The van der Waals surface area contributed by atoms with Crippen LogP contribution >= 0.6 is 0 Å². The van der Waals surface area contributed by atoms with Crippen molar-refractivity contribution in [1.29, 1.82) is 0 Å². The van der Waals surface area contributed by atoms with E-state index in [9.17, 15) is 30.0 Å². The molecule has 1 aromatic rings. The van der Waals surface area contributed by atoms with Crippen LogP contribution in [-0.2, 0) is 15.9 Å². The first-order valence-corrected chi connectivity index (χ1v) is 11.9. The van der Waals surface area contributed by atoms with Gasteiger partial charge >= 0.3 is 0 Å². The number of carbonyl (C=O) groups excluding carboxylic acids is 2. The second kappa shape index (κ2) is 10.1. The van der Waals surface area contributed by atoms with E-state index in [4.69, 9.17) is 9.47 Å². The molecule has 1 aromatic carbocycles. The smallest absolute Gasteiger partial charge is 0.189 e. The van der Waals surface area contributed by atoms with Gasteiger partial charge in [-0.15, -0.1) is 0 Å². The minimum atomic E-state index is -1.37. The maximum absolute atomic E-state index is 13.7. The fourth-order valence-corrected chi connectivity index (χ4v) is 5.03. The Morgan fingerprint density at radius 1 is 1.24 bits per heavy atom. The number of rotatable bonds is 10. The number of ether oxygens (including phenoxy) is 2. The van der Waals surface area contributed by atoms with E-state index < -0.39 is 41.5 Å². The van der Waals surface area contributed by atoms with Crippen molar-refractivity contribution in [3.05, 3.63) is 22.8 Å². The normalized spacial score (nSPS) is 29.9. The van der Waals surface area contributed by atoms with Crippen LogP contribution in [0.5, 0.6) is 11.5 Å². The van der Waals surface area contributed by atoms with Gasteiger partial charge in [0.1, 0.15) is 11.5 Å². The van der Waals surface area contributed by atoms with Crippen LogP contribution in [0, 0.1) is 11.8 Å². The number of Topliss-reactive ketones (excluding diaryl/α,β-unsaturated/α-hetero) is 1. The highest BCUT2D eigenvalue weighted by Gasteiger charge is 2.68. The molecular formula is C25H36O8. The highest BCUT2D eigenvalue weighted by Crippen LogP contribution is 2.50. The number of aliphatic hydroxyl groups excluding tert-OH is 2. The minimum absolute atomic E-state index is 0.0615. The van der Waals surface area contributed by atoms with E-state index in [1.807, 2.05) is 27.7 Å². The summed E-state index contributed by atoms with van der Waals surface area (Å²) in [6.45, 7) is 7.76. The number of phenols is 2. The van der Waals surface area contributed by atoms with Gasteiger partial charge in [0.25, 0.3) is 0 Å². The first-order valence-electron chi connectivity index (χ1n) is 11.9. The molecule has 184 valence electrons. The van der Waals surface area contributed by atoms with Crippen molar-refractivity contribution in [3.8, 4) is 11.5 Å². The van der Waals surface area contributed by atoms with Gasteiger partial charge in [0.15, 0.2) is 24.0 Å². The number of carbonyl (C=O) groups is 2. The van der Waals surface area contributed by atoms with E-state index in [2.05, 4.69) is 0 Å². The molecule has 1 spiro atoms. The highest BCUT2D eigenvalue weighted by atomic mass is 16.7. The average Bonchev–Trinajstić information content (AvgIpc) is 3.50. The molecule has 2 saturated heterocycles. The van der Waals surface area contributed by atoms with Crippen LogP contribution in [-0.4, -0.2) is 62.7 Å². The molecule has 0 amide bonds. The molecule has 8 heteroatoms. The van der Waals surface area contributed by atoms with Gasteiger partial charge < -0.3 is 29.9 Å². The first kappa shape index (κ1) is 25.6. The number of aliphatic hydroxyl groups is 2. The van der Waals surface area contributed by atoms with Crippen LogP contribution < -0.4 is 0 Å². The zero-order valence-electron chi connectivity index (χ0n) is 19.8. The van der Waals surface area contributed by atoms with Gasteiger partial charge in [-0.1, -0.05) is 40.5 Å². The standard InChI is InChI=1S/C25H36O8/c1-5-7-8-15(18-11-19(27)25(24(31)32-18)20(6-2)33-25)22(29)16-10-14(9-13(3)4)21(28)17(12-26)23(16)30/h10,12-13,15,18-20,24,27-28,30-31H,5-9,11H2,1-4H3/t15?,18-,19-,20+,24-,25+/m1/s1. The SMILES string of the molecule is CCCCC(C(=O)c1cc(CC(C)C)c(O)c(C=O)c1O)[C@H]1C[C@@H](O)[C@@]2(O[C@H]2CC)[C@H](O)O1. The third kappa shape index (κ3) is 4.67. The van der Waals surface area contributed by atoms with Crippen molar-refractivity contribution in [2.75, 3.05) is 0 Å². The van der Waals surface area contributed by atoms with Crippen molar-refractivity contribution >= 4 is 12.1 Å². The topological polar surface area (TPSA) is 137 Å². The largest absolute Gasteiger partial charge is 0.507 e. The van der Waals surface area contributed by atoms with Crippen molar-refractivity contribution in [3.63, 3.8) is 0 Å². The summed E-state index contributed by atoms with van der Waals surface area (Å²) in [7, 11) is 0. The lowest BCUT2D eigenvalue weighted by molar-refractivity contribution is -0.239. The van der Waals surface area contributed by atoms with Gasteiger partial charge in [0.2, 0.25) is 0 Å². The number of aldehydes is 1. The number of benzene rings is 1. The molecule has 0 radical (unpaired) electrons. The molecule has 2 aliphatic rings. The van der Waals surface area contributed by atoms with E-state index in [0.29, 0.717) is 37.5 Å². The summed E-state index contributed by atoms with van der Waals surface area (Å²) in [5.74, 6) is -1.94. The van der Waals surface area contributed by atoms with Crippen molar-refractivity contribution in [2.24, 2.45) is 11.8 Å². The van der Waals surface area contributed by atoms with E-state index in [-0.39, 0.29) is 35.3 Å². The van der Waals surface area contributed by atoms with Gasteiger partial charge in [-0.3, -0.25) is 9.59 Å². The molecule has 0 aromatic heterocycles. The van der Waals surface area contributed by atoms with Gasteiger partial charge in [0.05, 0.1) is 29.4 Å². The molecule has 2 fully saturated rings. The molecule has 4 N–H and O–H groups in total. The summed E-state index contributed by atoms with van der Waals surface area (Å²) in [6, 6.07) is 1.44. The molecule has 2 aliphatic heterocycles. The predicted octanol–water partition coefficient (Wildman–Crippen LogP) is 3.11. The Balaban J connectivity index is 1.95. The zero-order valence-corrected chi connectivity index (χ0v) is 19.8. The fourth-order valence-electron chi connectivity index (χ4n) is 5.03. The Kier molecular flexibility index (Phi) is 7.84. The highest BCUT2D eigenvalue weighted by molar-refractivity contribution is 6.04. The van der Waals surface area contributed by atoms with Crippen molar-refractivity contribution in [2.45, 2.75) is 96.4 Å². The maximum atomic E-state index is 13.7. The maximum Gasteiger partial charge on any atom is 0.189 e. The number of epoxide rings is 1. The molecule has 33 heavy (non-hydrogen) atoms. The van der Waals surface area contributed by atoms with Gasteiger partial charge in [0, 0.05) is 12.3 Å². The van der Waals surface area contributed by atoms with E-state index in [1.54, 1.807) is 0 Å². The quantitative estimate of drug-likeness (QED) is 0.235. The van der Waals surface area contributed by atoms with Gasteiger partial charge in [-0.25, -0.2) is 0 Å². The van der Waals surface area contributed by atoms with Crippen LogP contribution in [0.15, 0.2) is 6.07 Å². The van der Waals surface area contributed by atoms with Gasteiger partial charge in [-0.2, -0.15) is 0 Å². The van der Waals surface area contributed by atoms with Gasteiger partial charge in [-0.05, 0) is 36.8 Å². The second-order valence-corrected chi connectivity index (χ2v) is 9.67. The van der Waals surface area contributed by atoms with Crippen molar-refractivity contribution in [1.82, 2.24) is 0 Å². The van der Waals surface area contributed by atoms with E-state index in [0.717, 1.165) is 6.42 Å². The Morgan fingerprint density at radius 3 is 2.45 bits per heavy atom. The molecular weight excluding hydrogens is 428 g/mol. The van der Waals surface area contributed by atoms with Crippen LogP contribution in [0.25, 0.3) is 0 Å². The molecule has 0 bridgehead atoms. The summed E-state index contributed by atoms with van der Waals surface area (Å²) >= 11 is 0. The Morgan fingerprint density at radius 2 is 1.94 bits per heavy atom. The van der Waals surface area contributed by atoms with Crippen LogP contribution in [0.1, 0.15) is 86.1 Å². The second-order valence-electron chi connectivity index (χ2n) is 9.67. The van der Waals surface area contributed by atoms with Crippen LogP contribution in [0.3, 0.4) is 0 Å². The number of phenolic OH excluding ortho intramolecular Hbond substituents is 2. The monoisotopic (exact) mass is 464 g/mol. The lowest BCUT2D eigenvalue weighted by Crippen LogP contribution is -2.55. The molecule has 6 atom stereocenters. The minimum Gasteiger partial charge on any atom is -0.507 e. The third-order valence-electron chi connectivity index (χ3n) is 6.88. The lowest BCUT2D eigenvalue weighted by Gasteiger charge is -2.39. The fraction of sp³-hybridized carbons (Fsp3) is 0.680. The Hall–Kier alpha value is -2.00. The number of unbranched alkanes of at least 4 members (excludes halogenated alkanes) is 1. The molecule has 0 saturated carbocycles. The number of ketones is 1. The molecule has 1 unspecified atom stereocenters. The molecule has 0 aliphatic carbocycles. The number of hydrogen-bond acceptors (Lipinski definition) is 8. The number of hydrogen-bond donors (Lipinski definition) is 4. The molecule has 8 nitrogen and oxygen atoms in total. The van der Waals surface area contributed by atoms with E-state index >= 15 is 0 Å². The summed E-state index contributed by atoms with van der Waals surface area (Å²) in [6.07, 6.45) is -0.0511. The summed E-state index contributed by atoms with van der Waals surface area (Å²) in [5, 5.41) is 42.5. The summed E-state index contributed by atoms with van der Waals surface area (Å²) in [4.78, 5) is 25.3. The van der Waals surface area contributed by atoms with Crippen LogP contribution in [0.4, 0.5) is 0 Å². The molecule has 3 rings (SSSR count). The van der Waals surface area contributed by atoms with Crippen LogP contribution in [0.2, 0.25) is 0 Å². The average molecular weight is 465 g/mol. The number of aromatic hydroxyl groups is 2. The first-order chi connectivity index (χ1) is 15.6. The third-order valence-corrected chi connectivity index (χ3v) is 6.88. The summed E-state index contributed by atoms with van der Waals surface area (Å²) < 4.78 is 11.4. The Bertz CT molecular complexity index is 868. The predicted molar refractivity (Wildman–Crippen MR) is 120 cm³/mol. The summed E-state index contributed by atoms with van der Waals surface area (Å²) in [5.41, 5.74) is -1.12. The molecule has 2 heterocycles.